The summed E-state index contributed by atoms with van der Waals surface area (Å²) in [7, 11) is 0. The van der Waals surface area contributed by atoms with E-state index in [4.69, 9.17) is 8.83 Å². The minimum absolute atomic E-state index is 0.0774. The van der Waals surface area contributed by atoms with Crippen LogP contribution < -0.4 is 9.80 Å². The van der Waals surface area contributed by atoms with Gasteiger partial charge >= 0.3 is 0 Å². The predicted molar refractivity (Wildman–Crippen MR) is 493 cm³/mol. The average molecular weight is 1540 g/mol. The number of rotatable bonds is 10. The number of furan rings is 2. The molecule has 0 amide bonds. The van der Waals surface area contributed by atoms with Gasteiger partial charge in [0.2, 0.25) is 0 Å². The van der Waals surface area contributed by atoms with E-state index in [9.17, 15) is 4.39 Å². The van der Waals surface area contributed by atoms with Crippen LogP contribution in [0.5, 0.6) is 0 Å². The Morgan fingerprint density at radius 2 is 0.605 bits per heavy atom. The molecule has 0 saturated carbocycles. The van der Waals surface area contributed by atoms with Crippen molar-refractivity contribution in [3.8, 4) is 33.6 Å². The maximum absolute atomic E-state index is 13.9. The lowest BCUT2D eigenvalue weighted by Crippen LogP contribution is -2.20. The molecule has 20 aromatic rings. The first-order valence-electron chi connectivity index (χ1n) is 41.3. The van der Waals surface area contributed by atoms with Gasteiger partial charge in [-0.1, -0.05) is 231 Å². The van der Waals surface area contributed by atoms with Gasteiger partial charge in [0.15, 0.2) is 0 Å². The number of pyridine rings is 1. The first-order valence-corrected chi connectivity index (χ1v) is 41.3. The molecule has 119 heavy (non-hydrogen) atoms. The number of anilines is 6. The number of hydrogen-bond acceptors (Lipinski definition) is 5. The van der Waals surface area contributed by atoms with Crippen molar-refractivity contribution in [2.45, 2.75) is 77.0 Å². The highest BCUT2D eigenvalue weighted by Gasteiger charge is 2.51. The third kappa shape index (κ3) is 10.5. The second-order valence-electron chi connectivity index (χ2n) is 34.7. The molecule has 0 bridgehead atoms. The molecule has 0 aliphatic heterocycles. The van der Waals surface area contributed by atoms with E-state index in [0.717, 1.165) is 134 Å². The van der Waals surface area contributed by atoms with Crippen molar-refractivity contribution >= 4 is 144 Å². The first kappa shape index (κ1) is 70.1. The second-order valence-corrected chi connectivity index (χ2v) is 34.7. The summed E-state index contributed by atoms with van der Waals surface area (Å²) in [5.41, 5.74) is 37.3. The number of nitrogens with zero attached hydrogens (tertiary/aromatic N) is 5. The smallest absolute Gasteiger partial charge is 0.137 e. The van der Waals surface area contributed by atoms with Crippen LogP contribution in [0.3, 0.4) is 0 Å². The normalized spacial score (nSPS) is 15.0. The molecule has 0 atom stereocenters. The van der Waals surface area contributed by atoms with Crippen LogP contribution in [0.15, 0.2) is 361 Å². The summed E-state index contributed by atoms with van der Waals surface area (Å²) in [4.78, 5) is 9.21. The van der Waals surface area contributed by atoms with Crippen LogP contribution in [-0.4, -0.2) is 14.1 Å². The highest BCUT2D eigenvalue weighted by atomic mass is 19.1. The molecular formula is C111H82FN5O2. The fourth-order valence-electron chi connectivity index (χ4n) is 21.1. The third-order valence-electron chi connectivity index (χ3n) is 26.6. The van der Waals surface area contributed by atoms with Crippen LogP contribution in [0, 0.1) is 5.82 Å². The average Bonchev–Trinajstić information content (AvgIpc) is 1.53. The van der Waals surface area contributed by atoms with E-state index in [1.807, 2.05) is 54.9 Å². The zero-order chi connectivity index (χ0) is 80.1. The topological polar surface area (TPSA) is 55.5 Å². The van der Waals surface area contributed by atoms with Crippen LogP contribution >= 0.6 is 0 Å². The van der Waals surface area contributed by atoms with E-state index in [1.165, 1.54) is 100 Å². The van der Waals surface area contributed by atoms with Gasteiger partial charge in [-0.05, 0) is 241 Å². The fraction of sp³-hybridized carbons (Fsp3) is 0.108. The molecule has 0 unspecified atom stereocenters. The number of aromatic nitrogens is 3. The molecule has 570 valence electrons. The van der Waals surface area contributed by atoms with E-state index in [-0.39, 0.29) is 27.5 Å². The van der Waals surface area contributed by atoms with Gasteiger partial charge in [0, 0.05) is 135 Å². The number of allylic oxidation sites excluding steroid dienone is 4. The van der Waals surface area contributed by atoms with Crippen LogP contribution in [0.1, 0.15) is 99.9 Å². The van der Waals surface area contributed by atoms with Crippen LogP contribution in [0.2, 0.25) is 0 Å². The lowest BCUT2D eigenvalue weighted by molar-refractivity contribution is 0.628. The predicted octanol–water partition coefficient (Wildman–Crippen LogP) is 30.2. The zero-order valence-electron chi connectivity index (χ0n) is 67.4. The van der Waals surface area contributed by atoms with E-state index < -0.39 is 0 Å². The van der Waals surface area contributed by atoms with Crippen LogP contribution in [0.4, 0.5) is 38.5 Å². The SMILES string of the molecule is CC1(C)C2=C(c3ccccc31)C(C)(C)c1cc(N(c3ccc(-c4ccc(F)cc4)cc3)c3ccc4c(c3)c3ccccc3n4-c3ccc4c(c3)oc3ccccc34)ccc12.CC1(C)C2=C(c3ccccc31)C(C)(C)c1cc(N(c3ccc(-c4cccnc4)cc3)c3ccc4c(c3)c3ccccc3n4-c3ccc4c(c3)oc3ccccc34)ccc12. The number of para-hydroxylation sites is 4. The molecular weight excluding hydrogens is 1450 g/mol. The van der Waals surface area contributed by atoms with Crippen molar-refractivity contribution < 1.29 is 13.2 Å². The summed E-state index contributed by atoms with van der Waals surface area (Å²) in [6.07, 6.45) is 3.75. The van der Waals surface area contributed by atoms with Crippen LogP contribution in [0.25, 0.3) is 143 Å². The summed E-state index contributed by atoms with van der Waals surface area (Å²) in [5, 5.41) is 9.26. The maximum Gasteiger partial charge on any atom is 0.137 e. The highest BCUT2D eigenvalue weighted by Crippen LogP contribution is 2.65. The van der Waals surface area contributed by atoms with Gasteiger partial charge in [0.25, 0.3) is 0 Å². The van der Waals surface area contributed by atoms with Crippen LogP contribution in [-0.2, 0) is 21.7 Å². The van der Waals surface area contributed by atoms with Gasteiger partial charge < -0.3 is 27.8 Å². The van der Waals surface area contributed by atoms with Crippen molar-refractivity contribution in [2.24, 2.45) is 0 Å². The lowest BCUT2D eigenvalue weighted by Gasteiger charge is -2.31. The Kier molecular flexibility index (Phi) is 15.2. The summed E-state index contributed by atoms with van der Waals surface area (Å²) in [6, 6.07) is 122. The summed E-state index contributed by atoms with van der Waals surface area (Å²) >= 11 is 0. The van der Waals surface area contributed by atoms with E-state index in [2.05, 4.69) is 364 Å². The lowest BCUT2D eigenvalue weighted by atomic mass is 9.75. The second kappa shape index (κ2) is 25.8. The largest absolute Gasteiger partial charge is 0.456 e. The number of benzene rings is 15. The molecule has 0 spiro atoms. The number of hydrogen-bond donors (Lipinski definition) is 0. The molecule has 15 aromatic carbocycles. The minimum Gasteiger partial charge on any atom is -0.456 e. The molecule has 24 rings (SSSR count). The highest BCUT2D eigenvalue weighted by molar-refractivity contribution is 6.16. The van der Waals surface area contributed by atoms with E-state index in [0.29, 0.717) is 0 Å². The van der Waals surface area contributed by atoms with Crippen molar-refractivity contribution in [3.05, 3.63) is 402 Å². The Labute approximate surface area is 689 Å². The molecule has 4 aliphatic rings. The quantitative estimate of drug-likeness (QED) is 0.137. The third-order valence-corrected chi connectivity index (χ3v) is 26.6. The Morgan fingerprint density at radius 3 is 1.05 bits per heavy atom. The van der Waals surface area contributed by atoms with Crippen molar-refractivity contribution in [3.63, 3.8) is 0 Å². The van der Waals surface area contributed by atoms with Crippen molar-refractivity contribution in [1.82, 2.24) is 14.1 Å². The maximum atomic E-state index is 13.9. The van der Waals surface area contributed by atoms with Gasteiger partial charge in [-0.15, -0.1) is 0 Å². The molecule has 0 saturated heterocycles. The minimum atomic E-state index is -0.236. The number of halogens is 1. The standard InChI is InChI=1S/C56H41FN2O.C55H41N3O/c1-55(2)47-14-8-5-13-44(47)53-54(55)45-29-26-39(32-48(45)56(53,3)4)58(37-23-19-35(20-24-37)34-17-21-36(57)22-18-34)38-27-30-50-46(31-38)41-11-6-9-15-49(41)59(50)40-25-28-43-42-12-7-10-16-51(42)60-52(43)33-40;1-54(2)46-16-8-5-15-43(46)52-53(54)44-27-24-38(31-47(44)55(52,3)4)57(36-21-19-34(20-22-36)35-12-11-29-56-33-35)37-25-28-49-45(30-37)40-13-6-9-17-48(40)58(49)39-23-26-42-41-14-7-10-18-50(41)59-51(42)32-39/h5-33H,1-4H3;5-33H,1-4H3. The fourth-order valence-corrected chi connectivity index (χ4v) is 21.1. The number of fused-ring (bicyclic) bond motifs is 20. The molecule has 5 heterocycles. The molecule has 8 heteroatoms. The van der Waals surface area contributed by atoms with Gasteiger partial charge in [-0.2, -0.15) is 0 Å². The molecule has 7 nitrogen and oxygen atoms in total. The molecule has 0 N–H and O–H groups in total. The zero-order valence-corrected chi connectivity index (χ0v) is 67.4. The Bertz CT molecular complexity index is 7730. The summed E-state index contributed by atoms with van der Waals surface area (Å²) in [6.45, 7) is 19.1. The van der Waals surface area contributed by atoms with Gasteiger partial charge in [0.1, 0.15) is 28.1 Å². The summed E-state index contributed by atoms with van der Waals surface area (Å²) in [5.74, 6) is -0.236. The molecule has 4 aliphatic carbocycles. The molecule has 0 fully saturated rings. The Morgan fingerprint density at radius 1 is 0.261 bits per heavy atom. The van der Waals surface area contributed by atoms with E-state index in [1.54, 1.807) is 0 Å². The monoisotopic (exact) mass is 1540 g/mol. The van der Waals surface area contributed by atoms with E-state index >= 15 is 0 Å². The van der Waals surface area contributed by atoms with Gasteiger partial charge in [-0.25, -0.2) is 4.39 Å². The molecule has 0 radical (unpaired) electrons. The van der Waals surface area contributed by atoms with Gasteiger partial charge in [-0.3, -0.25) is 4.98 Å². The first-order chi connectivity index (χ1) is 57.9. The Hall–Kier alpha value is -14.3. The Balaban J connectivity index is 0.000000139. The van der Waals surface area contributed by atoms with Crippen molar-refractivity contribution in [2.75, 3.05) is 9.80 Å². The molecule has 5 aromatic heterocycles. The van der Waals surface area contributed by atoms with Gasteiger partial charge in [0.05, 0.1) is 22.1 Å². The van der Waals surface area contributed by atoms with Crippen molar-refractivity contribution in [1.29, 1.82) is 0 Å². The summed E-state index contributed by atoms with van der Waals surface area (Å²) < 4.78 is 31.3.